The van der Waals surface area contributed by atoms with E-state index in [4.69, 9.17) is 22.7 Å². The quantitative estimate of drug-likeness (QED) is 0.796. The first-order valence-corrected chi connectivity index (χ1v) is 7.31. The molecule has 0 radical (unpaired) electrons. The molecule has 0 atom stereocenters. The molecular formula is C17H20N2OS. The number of nitrogens with zero attached hydrogens (tertiary/aromatic N) is 1. The molecule has 0 amide bonds. The first-order chi connectivity index (χ1) is 10.2. The van der Waals surface area contributed by atoms with Crippen LogP contribution in [0.5, 0.6) is 5.75 Å². The van der Waals surface area contributed by atoms with Crippen molar-refractivity contribution in [3.05, 3.63) is 60.2 Å². The van der Waals surface area contributed by atoms with Crippen LogP contribution < -0.4 is 15.4 Å². The van der Waals surface area contributed by atoms with E-state index < -0.39 is 0 Å². The van der Waals surface area contributed by atoms with E-state index >= 15 is 0 Å². The fraction of sp³-hybridized carbons (Fsp3) is 0.235. The number of anilines is 1. The van der Waals surface area contributed by atoms with Gasteiger partial charge in [-0.25, -0.2) is 0 Å². The highest BCUT2D eigenvalue weighted by atomic mass is 32.1. The molecule has 4 heteroatoms. The van der Waals surface area contributed by atoms with Crippen molar-refractivity contribution in [1.29, 1.82) is 0 Å². The molecule has 0 aliphatic heterocycles. The fourth-order valence-electron chi connectivity index (χ4n) is 2.17. The van der Waals surface area contributed by atoms with E-state index in [2.05, 4.69) is 29.2 Å². The van der Waals surface area contributed by atoms with Crippen LogP contribution in [0.2, 0.25) is 0 Å². The lowest BCUT2D eigenvalue weighted by Crippen LogP contribution is -2.27. The molecule has 110 valence electrons. The van der Waals surface area contributed by atoms with Crippen LogP contribution in [0.15, 0.2) is 54.6 Å². The Morgan fingerprint density at radius 2 is 1.90 bits per heavy atom. The number of methoxy groups -OCH3 is 1. The molecule has 0 spiro atoms. The van der Waals surface area contributed by atoms with Crippen LogP contribution in [0.4, 0.5) is 5.69 Å². The molecule has 0 heterocycles. The third-order valence-electron chi connectivity index (χ3n) is 3.26. The SMILES string of the molecule is COc1cccc(CN(CCC(N)=S)c2ccccc2)c1. The molecule has 0 saturated carbocycles. The van der Waals surface area contributed by atoms with Crippen molar-refractivity contribution in [3.63, 3.8) is 0 Å². The molecule has 21 heavy (non-hydrogen) atoms. The predicted molar refractivity (Wildman–Crippen MR) is 91.9 cm³/mol. The van der Waals surface area contributed by atoms with Crippen molar-refractivity contribution in [1.82, 2.24) is 0 Å². The van der Waals surface area contributed by atoms with Crippen LogP contribution in [0.1, 0.15) is 12.0 Å². The minimum atomic E-state index is 0.543. The van der Waals surface area contributed by atoms with Gasteiger partial charge in [-0.3, -0.25) is 0 Å². The number of hydrogen-bond acceptors (Lipinski definition) is 3. The van der Waals surface area contributed by atoms with Crippen molar-refractivity contribution in [2.24, 2.45) is 5.73 Å². The van der Waals surface area contributed by atoms with E-state index in [-0.39, 0.29) is 0 Å². The summed E-state index contributed by atoms with van der Waals surface area (Å²) in [6.07, 6.45) is 0.703. The van der Waals surface area contributed by atoms with E-state index in [1.54, 1.807) is 7.11 Å². The van der Waals surface area contributed by atoms with E-state index in [1.165, 1.54) is 5.56 Å². The minimum absolute atomic E-state index is 0.543. The van der Waals surface area contributed by atoms with Gasteiger partial charge in [0, 0.05) is 25.2 Å². The molecule has 0 saturated heterocycles. The second-order valence-corrected chi connectivity index (χ2v) is 5.35. The van der Waals surface area contributed by atoms with Gasteiger partial charge in [0.2, 0.25) is 0 Å². The molecule has 2 rings (SSSR count). The topological polar surface area (TPSA) is 38.5 Å². The smallest absolute Gasteiger partial charge is 0.119 e. The normalized spacial score (nSPS) is 10.1. The number of hydrogen-bond donors (Lipinski definition) is 1. The van der Waals surface area contributed by atoms with Gasteiger partial charge < -0.3 is 15.4 Å². The second kappa shape index (κ2) is 7.64. The van der Waals surface area contributed by atoms with Crippen LogP contribution >= 0.6 is 12.2 Å². The summed E-state index contributed by atoms with van der Waals surface area (Å²) >= 11 is 5.00. The molecule has 0 aliphatic carbocycles. The van der Waals surface area contributed by atoms with Crippen molar-refractivity contribution in [3.8, 4) is 5.75 Å². The van der Waals surface area contributed by atoms with Gasteiger partial charge in [-0.15, -0.1) is 0 Å². The highest BCUT2D eigenvalue weighted by Gasteiger charge is 2.08. The van der Waals surface area contributed by atoms with E-state index in [9.17, 15) is 0 Å². The summed E-state index contributed by atoms with van der Waals surface area (Å²) in [6.45, 7) is 1.60. The van der Waals surface area contributed by atoms with Crippen molar-refractivity contribution in [2.45, 2.75) is 13.0 Å². The first kappa shape index (κ1) is 15.3. The van der Waals surface area contributed by atoms with Crippen LogP contribution in [-0.4, -0.2) is 18.6 Å². The number of benzene rings is 2. The Bertz CT molecular complexity index is 586. The summed E-state index contributed by atoms with van der Waals surface area (Å²) in [4.78, 5) is 2.81. The lowest BCUT2D eigenvalue weighted by molar-refractivity contribution is 0.414. The average molecular weight is 300 g/mol. The summed E-state index contributed by atoms with van der Waals surface area (Å²) in [5.41, 5.74) is 8.00. The zero-order valence-corrected chi connectivity index (χ0v) is 13.0. The number of ether oxygens (including phenoxy) is 1. The van der Waals surface area contributed by atoms with Crippen LogP contribution in [0.25, 0.3) is 0 Å². The third kappa shape index (κ3) is 4.76. The third-order valence-corrected chi connectivity index (χ3v) is 3.46. The number of nitrogens with two attached hydrogens (primary N) is 1. The molecular weight excluding hydrogens is 280 g/mol. The number of para-hydroxylation sites is 1. The summed E-state index contributed by atoms with van der Waals surface area (Å²) < 4.78 is 5.28. The Hall–Kier alpha value is -2.07. The van der Waals surface area contributed by atoms with Gasteiger partial charge in [0.05, 0.1) is 12.1 Å². The summed E-state index contributed by atoms with van der Waals surface area (Å²) in [7, 11) is 1.68. The minimum Gasteiger partial charge on any atom is -0.497 e. The van der Waals surface area contributed by atoms with Gasteiger partial charge in [0.25, 0.3) is 0 Å². The summed E-state index contributed by atoms with van der Waals surface area (Å²) in [6, 6.07) is 18.4. The van der Waals surface area contributed by atoms with Gasteiger partial charge in [-0.2, -0.15) is 0 Å². The Labute approximate surface area is 131 Å². The highest BCUT2D eigenvalue weighted by molar-refractivity contribution is 7.80. The van der Waals surface area contributed by atoms with Crippen molar-refractivity contribution in [2.75, 3.05) is 18.6 Å². The predicted octanol–water partition coefficient (Wildman–Crippen LogP) is 3.38. The van der Waals surface area contributed by atoms with Crippen LogP contribution in [-0.2, 0) is 6.54 Å². The maximum atomic E-state index is 5.64. The van der Waals surface area contributed by atoms with Gasteiger partial charge in [0.15, 0.2) is 0 Å². The second-order valence-electron chi connectivity index (χ2n) is 4.82. The Morgan fingerprint density at radius 1 is 1.14 bits per heavy atom. The van der Waals surface area contributed by atoms with Crippen molar-refractivity contribution >= 4 is 22.9 Å². The van der Waals surface area contributed by atoms with E-state index in [0.29, 0.717) is 11.4 Å². The Kier molecular flexibility index (Phi) is 5.58. The summed E-state index contributed by atoms with van der Waals surface area (Å²) in [5.74, 6) is 0.870. The Balaban J connectivity index is 2.16. The average Bonchev–Trinajstić information content (AvgIpc) is 2.52. The van der Waals surface area contributed by atoms with Crippen molar-refractivity contribution < 1.29 is 4.74 Å². The molecule has 3 nitrogen and oxygen atoms in total. The van der Waals surface area contributed by atoms with Crippen LogP contribution in [0.3, 0.4) is 0 Å². The molecule has 0 aliphatic rings. The van der Waals surface area contributed by atoms with Gasteiger partial charge in [-0.05, 0) is 29.8 Å². The van der Waals surface area contributed by atoms with Crippen LogP contribution in [0, 0.1) is 0 Å². The maximum absolute atomic E-state index is 5.64. The number of thiocarbonyl (C=S) groups is 1. The number of rotatable bonds is 7. The van der Waals surface area contributed by atoms with Gasteiger partial charge in [-0.1, -0.05) is 42.5 Å². The largest absolute Gasteiger partial charge is 0.497 e. The molecule has 2 aromatic rings. The lowest BCUT2D eigenvalue weighted by atomic mass is 10.1. The molecule has 0 fully saturated rings. The zero-order valence-electron chi connectivity index (χ0n) is 12.2. The van der Waals surface area contributed by atoms with E-state index in [0.717, 1.165) is 24.5 Å². The Morgan fingerprint density at radius 3 is 2.57 bits per heavy atom. The zero-order chi connectivity index (χ0) is 15.1. The molecule has 0 unspecified atom stereocenters. The molecule has 0 aromatic heterocycles. The standard InChI is InChI=1S/C17H20N2OS/c1-20-16-9-5-6-14(12-16)13-19(11-10-17(18)21)15-7-3-2-4-8-15/h2-9,12H,10-11,13H2,1H3,(H2,18,21). The first-order valence-electron chi connectivity index (χ1n) is 6.90. The fourth-order valence-corrected chi connectivity index (χ4v) is 2.27. The molecule has 2 N–H and O–H groups in total. The van der Waals surface area contributed by atoms with Gasteiger partial charge >= 0.3 is 0 Å². The molecule has 2 aromatic carbocycles. The monoisotopic (exact) mass is 300 g/mol. The molecule has 0 bridgehead atoms. The van der Waals surface area contributed by atoms with E-state index in [1.807, 2.05) is 30.3 Å². The highest BCUT2D eigenvalue weighted by Crippen LogP contribution is 2.19. The maximum Gasteiger partial charge on any atom is 0.119 e. The summed E-state index contributed by atoms with van der Waals surface area (Å²) in [5, 5.41) is 0. The lowest BCUT2D eigenvalue weighted by Gasteiger charge is -2.25. The van der Waals surface area contributed by atoms with Gasteiger partial charge in [0.1, 0.15) is 5.75 Å².